The lowest BCUT2D eigenvalue weighted by molar-refractivity contribution is -0.118. The number of ether oxygens (including phenoxy) is 3. The zero-order valence-electron chi connectivity index (χ0n) is 14.1. The Morgan fingerprint density at radius 3 is 2.46 bits per heavy atom. The van der Waals surface area contributed by atoms with Gasteiger partial charge in [-0.05, 0) is 49.7 Å². The van der Waals surface area contributed by atoms with Crippen LogP contribution >= 0.6 is 0 Å². The van der Waals surface area contributed by atoms with Crippen molar-refractivity contribution in [2.24, 2.45) is 0 Å². The van der Waals surface area contributed by atoms with Crippen molar-refractivity contribution in [1.82, 2.24) is 0 Å². The molecule has 0 aliphatic heterocycles. The quantitative estimate of drug-likeness (QED) is 0.716. The average molecular weight is 329 g/mol. The van der Waals surface area contributed by atoms with Crippen LogP contribution in [-0.4, -0.2) is 32.3 Å². The number of para-hydroxylation sites is 1. The van der Waals surface area contributed by atoms with E-state index in [0.29, 0.717) is 31.3 Å². The molecule has 0 saturated carbocycles. The van der Waals surface area contributed by atoms with E-state index in [1.165, 1.54) is 0 Å². The Bertz CT molecular complexity index is 640. The highest BCUT2D eigenvalue weighted by Crippen LogP contribution is 2.17. The molecule has 0 fully saturated rings. The van der Waals surface area contributed by atoms with E-state index in [-0.39, 0.29) is 12.5 Å². The first-order valence-corrected chi connectivity index (χ1v) is 7.98. The van der Waals surface area contributed by atoms with Crippen LogP contribution in [-0.2, 0) is 9.53 Å². The minimum Gasteiger partial charge on any atom is -0.491 e. The van der Waals surface area contributed by atoms with Gasteiger partial charge in [-0.2, -0.15) is 0 Å². The van der Waals surface area contributed by atoms with Crippen LogP contribution < -0.4 is 14.8 Å². The maximum atomic E-state index is 11.9. The molecular weight excluding hydrogens is 306 g/mol. The Hall–Kier alpha value is -2.53. The van der Waals surface area contributed by atoms with Gasteiger partial charge in [-0.25, -0.2) is 0 Å². The molecule has 0 radical (unpaired) electrons. The van der Waals surface area contributed by atoms with Crippen molar-refractivity contribution in [3.63, 3.8) is 0 Å². The second kappa shape index (κ2) is 9.57. The number of hydrogen-bond donors (Lipinski definition) is 1. The predicted octanol–water partition coefficient (Wildman–Crippen LogP) is 3.43. The van der Waals surface area contributed by atoms with Crippen LogP contribution in [0.15, 0.2) is 48.5 Å². The van der Waals surface area contributed by atoms with E-state index in [2.05, 4.69) is 5.32 Å². The van der Waals surface area contributed by atoms with Gasteiger partial charge >= 0.3 is 0 Å². The normalized spacial score (nSPS) is 10.2. The van der Waals surface area contributed by atoms with Crippen molar-refractivity contribution in [1.29, 1.82) is 0 Å². The summed E-state index contributed by atoms with van der Waals surface area (Å²) in [4.78, 5) is 11.9. The lowest BCUT2D eigenvalue weighted by atomic mass is 10.2. The van der Waals surface area contributed by atoms with Crippen LogP contribution in [0.2, 0.25) is 0 Å². The van der Waals surface area contributed by atoms with E-state index in [1.807, 2.05) is 50.2 Å². The minimum absolute atomic E-state index is 0.0303. The Balaban J connectivity index is 1.76. The summed E-state index contributed by atoms with van der Waals surface area (Å²) in [6.07, 6.45) is 0. The van der Waals surface area contributed by atoms with Gasteiger partial charge in [0.05, 0.1) is 6.61 Å². The van der Waals surface area contributed by atoms with Crippen molar-refractivity contribution < 1.29 is 19.0 Å². The highest BCUT2D eigenvalue weighted by Gasteiger charge is 2.05. The smallest absolute Gasteiger partial charge is 0.262 e. The van der Waals surface area contributed by atoms with Gasteiger partial charge < -0.3 is 19.5 Å². The van der Waals surface area contributed by atoms with Crippen LogP contribution in [0.4, 0.5) is 5.69 Å². The lowest BCUT2D eigenvalue weighted by Crippen LogP contribution is -2.20. The second-order valence-corrected chi connectivity index (χ2v) is 5.17. The molecule has 0 heterocycles. The summed E-state index contributed by atoms with van der Waals surface area (Å²) in [5.41, 5.74) is 1.70. The van der Waals surface area contributed by atoms with Gasteiger partial charge in [-0.15, -0.1) is 0 Å². The number of aryl methyl sites for hydroxylation is 1. The van der Waals surface area contributed by atoms with E-state index in [1.54, 1.807) is 12.1 Å². The summed E-state index contributed by atoms with van der Waals surface area (Å²) in [7, 11) is 0. The SMILES string of the molecule is CCOCCOc1ccc(NC(=O)COc2ccccc2C)cc1. The summed E-state index contributed by atoms with van der Waals surface area (Å²) in [5, 5.41) is 2.79. The van der Waals surface area contributed by atoms with Crippen molar-refractivity contribution >= 4 is 11.6 Å². The number of carbonyl (C=O) groups is 1. The summed E-state index contributed by atoms with van der Waals surface area (Å²) < 4.78 is 16.3. The fourth-order valence-corrected chi connectivity index (χ4v) is 2.06. The predicted molar refractivity (Wildman–Crippen MR) is 93.7 cm³/mol. The Morgan fingerprint density at radius 1 is 1.00 bits per heavy atom. The maximum Gasteiger partial charge on any atom is 0.262 e. The lowest BCUT2D eigenvalue weighted by Gasteiger charge is -2.10. The first-order chi connectivity index (χ1) is 11.7. The fraction of sp³-hybridized carbons (Fsp3) is 0.316. The summed E-state index contributed by atoms with van der Waals surface area (Å²) in [6.45, 7) is 5.60. The molecule has 2 aromatic carbocycles. The standard InChI is InChI=1S/C19H23NO4/c1-3-22-12-13-23-17-10-8-16(9-11-17)20-19(21)14-24-18-7-5-4-6-15(18)2/h4-11H,3,12-14H2,1-2H3,(H,20,21). The molecule has 2 aromatic rings. The van der Waals surface area contributed by atoms with Crippen LogP contribution in [0.3, 0.4) is 0 Å². The van der Waals surface area contributed by atoms with E-state index < -0.39 is 0 Å². The molecule has 0 aromatic heterocycles. The Kier molecular flexibility index (Phi) is 7.11. The van der Waals surface area contributed by atoms with Crippen LogP contribution in [0.1, 0.15) is 12.5 Å². The average Bonchev–Trinajstić information content (AvgIpc) is 2.59. The molecule has 0 unspecified atom stereocenters. The Labute approximate surface area is 142 Å². The molecule has 5 heteroatoms. The van der Waals surface area contributed by atoms with Crippen molar-refractivity contribution in [2.75, 3.05) is 31.7 Å². The second-order valence-electron chi connectivity index (χ2n) is 5.17. The molecule has 1 amide bonds. The molecule has 5 nitrogen and oxygen atoms in total. The highest BCUT2D eigenvalue weighted by molar-refractivity contribution is 5.91. The maximum absolute atomic E-state index is 11.9. The molecule has 0 aliphatic carbocycles. The topological polar surface area (TPSA) is 56.8 Å². The Morgan fingerprint density at radius 2 is 1.75 bits per heavy atom. The molecule has 0 saturated heterocycles. The first kappa shape index (κ1) is 17.8. The van der Waals surface area contributed by atoms with Gasteiger partial charge in [-0.1, -0.05) is 18.2 Å². The van der Waals surface area contributed by atoms with E-state index in [4.69, 9.17) is 14.2 Å². The zero-order valence-corrected chi connectivity index (χ0v) is 14.1. The molecular formula is C19H23NO4. The monoisotopic (exact) mass is 329 g/mol. The molecule has 0 aliphatic rings. The molecule has 1 N–H and O–H groups in total. The van der Waals surface area contributed by atoms with Gasteiger partial charge in [-0.3, -0.25) is 4.79 Å². The number of hydrogen-bond acceptors (Lipinski definition) is 4. The molecule has 128 valence electrons. The van der Waals surface area contributed by atoms with E-state index in [9.17, 15) is 4.79 Å². The zero-order chi connectivity index (χ0) is 17.2. The van der Waals surface area contributed by atoms with Gasteiger partial charge in [0.2, 0.25) is 0 Å². The number of rotatable bonds is 9. The number of nitrogens with one attached hydrogen (secondary N) is 1. The summed E-state index contributed by atoms with van der Waals surface area (Å²) in [6, 6.07) is 14.8. The number of benzene rings is 2. The van der Waals surface area contributed by atoms with E-state index in [0.717, 1.165) is 11.3 Å². The van der Waals surface area contributed by atoms with Gasteiger partial charge in [0.25, 0.3) is 5.91 Å². The summed E-state index contributed by atoms with van der Waals surface area (Å²) >= 11 is 0. The van der Waals surface area contributed by atoms with Crippen LogP contribution in [0.25, 0.3) is 0 Å². The molecule has 0 spiro atoms. The largest absolute Gasteiger partial charge is 0.491 e. The third kappa shape index (κ3) is 5.93. The summed E-state index contributed by atoms with van der Waals surface area (Å²) in [5.74, 6) is 1.25. The molecule has 0 bridgehead atoms. The third-order valence-electron chi connectivity index (χ3n) is 3.29. The molecule has 0 atom stereocenters. The first-order valence-electron chi connectivity index (χ1n) is 7.98. The van der Waals surface area contributed by atoms with Crippen LogP contribution in [0, 0.1) is 6.92 Å². The van der Waals surface area contributed by atoms with Gasteiger partial charge in [0.15, 0.2) is 6.61 Å². The van der Waals surface area contributed by atoms with Crippen molar-refractivity contribution in [3.05, 3.63) is 54.1 Å². The number of amides is 1. The van der Waals surface area contributed by atoms with Crippen molar-refractivity contribution in [3.8, 4) is 11.5 Å². The highest BCUT2D eigenvalue weighted by atomic mass is 16.5. The minimum atomic E-state index is -0.205. The number of carbonyl (C=O) groups excluding carboxylic acids is 1. The van der Waals surface area contributed by atoms with Crippen molar-refractivity contribution in [2.45, 2.75) is 13.8 Å². The molecule has 24 heavy (non-hydrogen) atoms. The van der Waals surface area contributed by atoms with Gasteiger partial charge in [0, 0.05) is 12.3 Å². The number of anilines is 1. The van der Waals surface area contributed by atoms with E-state index >= 15 is 0 Å². The van der Waals surface area contributed by atoms with Gasteiger partial charge in [0.1, 0.15) is 18.1 Å². The van der Waals surface area contributed by atoms with Crippen LogP contribution in [0.5, 0.6) is 11.5 Å². The fourth-order valence-electron chi connectivity index (χ4n) is 2.06. The molecule has 2 rings (SSSR count). The third-order valence-corrected chi connectivity index (χ3v) is 3.29.